The highest BCUT2D eigenvalue weighted by Crippen LogP contribution is 2.66. The molecule has 10 nitrogen and oxygen atoms in total. The van der Waals surface area contributed by atoms with Crippen LogP contribution in [0.1, 0.15) is 24.3 Å². The van der Waals surface area contributed by atoms with Crippen molar-refractivity contribution < 1.29 is 61.0 Å². The highest BCUT2D eigenvalue weighted by molar-refractivity contribution is 6.59. The lowest BCUT2D eigenvalue weighted by molar-refractivity contribution is -0.125. The first-order valence-corrected chi connectivity index (χ1v) is 16.0. The van der Waals surface area contributed by atoms with Gasteiger partial charge in [-0.2, -0.15) is 0 Å². The van der Waals surface area contributed by atoms with Crippen LogP contribution in [0.4, 0.5) is 33.3 Å². The molecule has 4 amide bonds. The van der Waals surface area contributed by atoms with E-state index in [0.717, 1.165) is 11.0 Å². The Morgan fingerprint density at radius 1 is 0.843 bits per heavy atom. The molecule has 0 bridgehead atoms. The summed E-state index contributed by atoms with van der Waals surface area (Å²) < 4.78 is 78.4. The third-order valence-corrected chi connectivity index (χ3v) is 11.6. The molecule has 1 saturated carbocycles. The van der Waals surface area contributed by atoms with Crippen molar-refractivity contribution in [3.05, 3.63) is 88.8 Å². The van der Waals surface area contributed by atoms with Gasteiger partial charge in [-0.3, -0.25) is 24.1 Å². The number of rotatable bonds is 5. The van der Waals surface area contributed by atoms with E-state index in [0.29, 0.717) is 0 Å². The van der Waals surface area contributed by atoms with Crippen molar-refractivity contribution >= 4 is 70.8 Å². The highest BCUT2D eigenvalue weighted by Gasteiger charge is 2.77. The Morgan fingerprint density at radius 3 is 2.10 bits per heavy atom. The van der Waals surface area contributed by atoms with Crippen molar-refractivity contribution in [1.82, 2.24) is 0 Å². The molecule has 3 N–H and O–H groups in total. The van der Waals surface area contributed by atoms with Crippen LogP contribution < -0.4 is 20.0 Å². The Morgan fingerprint density at radius 2 is 1.49 bits per heavy atom. The van der Waals surface area contributed by atoms with Crippen molar-refractivity contribution in [2.45, 2.75) is 28.5 Å². The number of methoxy groups -OCH3 is 1. The predicted molar refractivity (Wildman–Crippen MR) is 170 cm³/mol. The number of allylic oxidation sites excluding steroid dienone is 2. The minimum Gasteiger partial charge on any atom is -0.504 e. The van der Waals surface area contributed by atoms with Crippen molar-refractivity contribution in [2.24, 2.45) is 17.8 Å². The van der Waals surface area contributed by atoms with Crippen LogP contribution in [0.15, 0.2) is 54.1 Å². The monoisotopic (exact) mass is 750 g/mol. The molecule has 0 unspecified atom stereocenters. The molecule has 3 aromatic rings. The molecule has 6 atom stereocenters. The molecule has 2 aliphatic heterocycles. The van der Waals surface area contributed by atoms with E-state index in [2.05, 4.69) is 0 Å². The van der Waals surface area contributed by atoms with E-state index >= 15 is 8.78 Å². The smallest absolute Gasteiger partial charge is 0.488 e. The maximum Gasteiger partial charge on any atom is 0.488 e. The SMILES string of the molecule is COc1ccc([C@H]2C3=CC[C@@H]4C(=O)N(c5cccc(B(O)O)c5)C(=O)[C@@H]4[C@@H]3C[C@@]3(Cl)C(=O)N(c4c(F)c(F)c(F)c(F)c4F)C(=O)[C@@]23Cl)cc1O. The summed E-state index contributed by atoms with van der Waals surface area (Å²) in [6.45, 7) is 0. The Balaban J connectivity index is 1.42. The van der Waals surface area contributed by atoms with Crippen LogP contribution in [-0.2, 0) is 19.2 Å². The van der Waals surface area contributed by atoms with Gasteiger partial charge in [0.15, 0.2) is 44.5 Å². The molecule has 18 heteroatoms. The number of nitrogens with zero attached hydrogens (tertiary/aromatic N) is 2. The summed E-state index contributed by atoms with van der Waals surface area (Å²) >= 11 is 14.2. The molecule has 3 aromatic carbocycles. The summed E-state index contributed by atoms with van der Waals surface area (Å²) in [5, 5.41) is 30.1. The zero-order valence-electron chi connectivity index (χ0n) is 25.8. The molecule has 0 radical (unpaired) electrons. The number of carbonyl (C=O) groups is 4. The number of aromatic hydroxyl groups is 1. The lowest BCUT2D eigenvalue weighted by Gasteiger charge is -2.50. The number of alkyl halides is 2. The summed E-state index contributed by atoms with van der Waals surface area (Å²) in [6, 6.07) is 9.04. The fourth-order valence-corrected chi connectivity index (χ4v) is 8.84. The largest absolute Gasteiger partial charge is 0.504 e. The first-order chi connectivity index (χ1) is 24.0. The van der Waals surface area contributed by atoms with Crippen LogP contribution in [0, 0.1) is 46.8 Å². The van der Waals surface area contributed by atoms with Crippen molar-refractivity contribution in [1.29, 1.82) is 0 Å². The van der Waals surface area contributed by atoms with Gasteiger partial charge in [0, 0.05) is 5.92 Å². The first kappa shape index (κ1) is 34.9. The molecular formula is C33H22BCl2F5N2O8. The molecule has 7 rings (SSSR count). The Kier molecular flexibility index (Phi) is 8.06. The lowest BCUT2D eigenvalue weighted by Crippen LogP contribution is -2.60. The number of phenols is 1. The fourth-order valence-electron chi connectivity index (χ4n) is 7.91. The first-order valence-electron chi connectivity index (χ1n) is 15.2. The van der Waals surface area contributed by atoms with Gasteiger partial charge in [-0.1, -0.05) is 29.8 Å². The second kappa shape index (κ2) is 11.8. The van der Waals surface area contributed by atoms with E-state index in [4.69, 9.17) is 27.9 Å². The maximum atomic E-state index is 15.2. The molecule has 3 fully saturated rings. The lowest BCUT2D eigenvalue weighted by atomic mass is 9.56. The number of phenolic OH excluding ortho intramolecular Hbond substituents is 1. The van der Waals surface area contributed by atoms with Gasteiger partial charge in [-0.15, -0.1) is 23.2 Å². The highest BCUT2D eigenvalue weighted by atomic mass is 35.5. The van der Waals surface area contributed by atoms with E-state index in [1.807, 2.05) is 0 Å². The van der Waals surface area contributed by atoms with Gasteiger partial charge in [0.05, 0.1) is 24.6 Å². The van der Waals surface area contributed by atoms with Gasteiger partial charge in [0.25, 0.3) is 11.8 Å². The van der Waals surface area contributed by atoms with Crippen LogP contribution >= 0.6 is 23.2 Å². The van der Waals surface area contributed by atoms with Crippen LogP contribution in [0.25, 0.3) is 0 Å². The number of amides is 4. The number of carbonyl (C=O) groups excluding carboxylic acids is 4. The van der Waals surface area contributed by atoms with Gasteiger partial charge in [-0.05, 0) is 54.1 Å². The topological polar surface area (TPSA) is 145 Å². The van der Waals surface area contributed by atoms with E-state index in [1.165, 1.54) is 49.6 Å². The molecule has 0 spiro atoms. The van der Waals surface area contributed by atoms with Crippen LogP contribution in [0.5, 0.6) is 11.5 Å². The summed E-state index contributed by atoms with van der Waals surface area (Å²) in [4.78, 5) is 51.6. The number of halogens is 7. The van der Waals surface area contributed by atoms with Crippen LogP contribution in [-0.4, -0.2) is 62.8 Å². The van der Waals surface area contributed by atoms with Crippen molar-refractivity contribution in [2.75, 3.05) is 16.9 Å². The summed E-state index contributed by atoms with van der Waals surface area (Å²) in [5.41, 5.74) is -1.78. The van der Waals surface area contributed by atoms with Gasteiger partial charge >= 0.3 is 7.12 Å². The molecule has 264 valence electrons. The maximum absolute atomic E-state index is 15.2. The van der Waals surface area contributed by atoms with Gasteiger partial charge in [0.1, 0.15) is 5.69 Å². The normalized spacial score (nSPS) is 28.5. The third kappa shape index (κ3) is 4.55. The number of ether oxygens (including phenoxy) is 1. The molecule has 4 aliphatic rings. The minimum absolute atomic E-state index is 0.00382. The summed E-state index contributed by atoms with van der Waals surface area (Å²) in [6.07, 6.45) is 0.659. The number of benzene rings is 3. The average Bonchev–Trinajstić information content (AvgIpc) is 3.44. The Bertz CT molecular complexity index is 2110. The van der Waals surface area contributed by atoms with Crippen molar-refractivity contribution in [3.8, 4) is 11.5 Å². The number of imide groups is 2. The van der Waals surface area contributed by atoms with Gasteiger partial charge in [-0.25, -0.2) is 26.9 Å². The Hall–Kier alpha value is -4.51. The summed E-state index contributed by atoms with van der Waals surface area (Å²) in [7, 11) is -0.693. The van der Waals surface area contributed by atoms with E-state index < -0.39 is 111 Å². The number of fused-ring (bicyclic) bond motifs is 4. The Labute approximate surface area is 294 Å². The number of anilines is 2. The fraction of sp³-hybridized carbons (Fsp3) is 0.273. The van der Waals surface area contributed by atoms with Gasteiger partial charge < -0.3 is 19.9 Å². The molecule has 2 saturated heterocycles. The van der Waals surface area contributed by atoms with Crippen LogP contribution in [0.3, 0.4) is 0 Å². The molecular weight excluding hydrogens is 729 g/mol. The van der Waals surface area contributed by atoms with Crippen molar-refractivity contribution in [3.63, 3.8) is 0 Å². The molecule has 0 aromatic heterocycles. The van der Waals surface area contributed by atoms with Gasteiger partial charge in [0.2, 0.25) is 17.6 Å². The predicted octanol–water partition coefficient (Wildman–Crippen LogP) is 3.54. The molecule has 51 heavy (non-hydrogen) atoms. The second-order valence-electron chi connectivity index (χ2n) is 12.6. The molecule has 2 aliphatic carbocycles. The average molecular weight is 751 g/mol. The minimum atomic E-state index is -2.76. The molecule has 2 heterocycles. The van der Waals surface area contributed by atoms with E-state index in [-0.39, 0.29) is 39.4 Å². The zero-order chi connectivity index (χ0) is 37.1. The van der Waals surface area contributed by atoms with Crippen LogP contribution in [0.2, 0.25) is 0 Å². The second-order valence-corrected chi connectivity index (χ2v) is 13.8. The van der Waals surface area contributed by atoms with E-state index in [1.54, 1.807) is 0 Å². The zero-order valence-corrected chi connectivity index (χ0v) is 27.4. The third-order valence-electron chi connectivity index (χ3n) is 10.2. The quantitative estimate of drug-likeness (QED) is 0.0684. The summed E-state index contributed by atoms with van der Waals surface area (Å²) in [5.74, 6) is -22.9. The standard InChI is InChI=1S/C33H22BCl2F5N2O8/c1-51-19-8-5-12(9-18(19)44)21-15-6-7-16-20(29(46)42(28(16)45)14-4-2-3-13(10-14)34(49)50)17(15)11-32(35)30(47)43(31(48)33(21,32)36)27-25(40)23(38)22(37)24(39)26(27)41/h2-6,8-10,16-17,20-21,44,49-50H,7,11H2,1H3/t16-,17+,20-,21-,32+,33-/m0/s1. The number of hydrogen-bond acceptors (Lipinski definition) is 8. The van der Waals surface area contributed by atoms with E-state index in [9.17, 15) is 47.5 Å². The number of hydrogen-bond donors (Lipinski definition) is 3.